The summed E-state index contributed by atoms with van der Waals surface area (Å²) in [5, 5.41) is 0. The highest BCUT2D eigenvalue weighted by Gasteiger charge is 2.32. The molecule has 0 aliphatic carbocycles. The van der Waals surface area contributed by atoms with Gasteiger partial charge in [-0.25, -0.2) is 4.98 Å². The monoisotopic (exact) mass is 313 g/mol. The topological polar surface area (TPSA) is 51.4 Å². The van der Waals surface area contributed by atoms with Crippen molar-refractivity contribution in [3.8, 4) is 0 Å². The summed E-state index contributed by atoms with van der Waals surface area (Å²) in [6.45, 7) is 6.02. The van der Waals surface area contributed by atoms with E-state index in [0.29, 0.717) is 0 Å². The van der Waals surface area contributed by atoms with E-state index in [1.165, 1.54) is 0 Å². The quantitative estimate of drug-likeness (QED) is 0.912. The second-order valence-electron chi connectivity index (χ2n) is 5.16. The lowest BCUT2D eigenvalue weighted by atomic mass is 9.95. The molecule has 5 heteroatoms. The molecule has 18 heavy (non-hydrogen) atoms. The van der Waals surface area contributed by atoms with Crippen molar-refractivity contribution in [2.24, 2.45) is 0 Å². The van der Waals surface area contributed by atoms with E-state index in [1.807, 2.05) is 6.92 Å². The molecular weight excluding hydrogens is 294 g/mol. The van der Waals surface area contributed by atoms with Crippen LogP contribution < -0.4 is 10.6 Å². The minimum atomic E-state index is -0.0886. The molecule has 1 aromatic rings. The summed E-state index contributed by atoms with van der Waals surface area (Å²) >= 11 is 3.60. The predicted molar refractivity (Wildman–Crippen MR) is 77.9 cm³/mol. The zero-order valence-electron chi connectivity index (χ0n) is 11.2. The maximum absolute atomic E-state index is 5.86. The van der Waals surface area contributed by atoms with Crippen LogP contribution in [0.2, 0.25) is 0 Å². The normalized spacial score (nSPS) is 24.3. The smallest absolute Gasteiger partial charge is 0.143 e. The number of piperidine rings is 1. The number of nitrogens with zero attached hydrogens (tertiary/aromatic N) is 2. The van der Waals surface area contributed by atoms with E-state index in [9.17, 15) is 0 Å². The van der Waals surface area contributed by atoms with Crippen LogP contribution in [0.3, 0.4) is 0 Å². The van der Waals surface area contributed by atoms with Crippen LogP contribution in [0.25, 0.3) is 0 Å². The number of rotatable bonds is 2. The molecule has 2 N–H and O–H groups in total. The van der Waals surface area contributed by atoms with Crippen molar-refractivity contribution in [2.45, 2.75) is 32.3 Å². The average molecular weight is 314 g/mol. The van der Waals surface area contributed by atoms with Gasteiger partial charge in [-0.1, -0.05) is 0 Å². The van der Waals surface area contributed by atoms with E-state index in [4.69, 9.17) is 10.5 Å². The van der Waals surface area contributed by atoms with Crippen LogP contribution in [0.15, 0.2) is 10.7 Å². The van der Waals surface area contributed by atoms with Gasteiger partial charge in [0.05, 0.1) is 22.0 Å². The summed E-state index contributed by atoms with van der Waals surface area (Å²) in [4.78, 5) is 6.73. The van der Waals surface area contributed by atoms with Gasteiger partial charge in [0.1, 0.15) is 5.82 Å². The van der Waals surface area contributed by atoms with Crippen molar-refractivity contribution in [1.29, 1.82) is 0 Å². The fourth-order valence-electron chi connectivity index (χ4n) is 2.35. The lowest BCUT2D eigenvalue weighted by Crippen LogP contribution is -2.47. The molecule has 1 fully saturated rings. The van der Waals surface area contributed by atoms with Gasteiger partial charge in [0.15, 0.2) is 0 Å². The number of hydrogen-bond donors (Lipinski definition) is 1. The average Bonchev–Trinajstić information content (AvgIpc) is 2.36. The van der Waals surface area contributed by atoms with Crippen LogP contribution >= 0.6 is 15.9 Å². The highest BCUT2D eigenvalue weighted by atomic mass is 79.9. The SMILES string of the molecule is COC1(C)CCCN(c2ncc(N)c(C)c2Br)C1. The highest BCUT2D eigenvalue weighted by molar-refractivity contribution is 9.10. The Balaban J connectivity index is 2.29. The molecular formula is C13H20BrN3O. The van der Waals surface area contributed by atoms with Crippen molar-refractivity contribution in [3.05, 3.63) is 16.2 Å². The largest absolute Gasteiger partial charge is 0.397 e. The number of methoxy groups -OCH3 is 1. The fraction of sp³-hybridized carbons (Fsp3) is 0.615. The number of anilines is 2. The molecule has 100 valence electrons. The third-order valence-corrected chi connectivity index (χ3v) is 4.69. The molecule has 0 aromatic carbocycles. The van der Waals surface area contributed by atoms with E-state index < -0.39 is 0 Å². The lowest BCUT2D eigenvalue weighted by Gasteiger charge is -2.40. The first kappa shape index (κ1) is 13.6. The van der Waals surface area contributed by atoms with Crippen LogP contribution in [0.4, 0.5) is 11.5 Å². The van der Waals surface area contributed by atoms with Gasteiger partial charge in [0.2, 0.25) is 0 Å². The molecule has 1 atom stereocenters. The summed E-state index contributed by atoms with van der Waals surface area (Å²) in [7, 11) is 1.78. The van der Waals surface area contributed by atoms with Crippen molar-refractivity contribution in [2.75, 3.05) is 30.8 Å². The Morgan fingerprint density at radius 1 is 1.56 bits per heavy atom. The molecule has 1 aliphatic rings. The molecule has 1 unspecified atom stereocenters. The molecule has 1 aromatic heterocycles. The predicted octanol–water partition coefficient (Wildman–Crippen LogP) is 2.74. The third kappa shape index (κ3) is 2.47. The second-order valence-corrected chi connectivity index (χ2v) is 5.95. The van der Waals surface area contributed by atoms with Gasteiger partial charge in [-0.3, -0.25) is 0 Å². The van der Waals surface area contributed by atoms with Crippen molar-refractivity contribution < 1.29 is 4.74 Å². The Bertz CT molecular complexity index is 452. The molecule has 0 amide bonds. The first-order chi connectivity index (χ1) is 8.47. The Hall–Kier alpha value is -0.810. The molecule has 1 saturated heterocycles. The highest BCUT2D eigenvalue weighted by Crippen LogP contribution is 2.34. The molecule has 0 bridgehead atoms. The minimum Gasteiger partial charge on any atom is -0.397 e. The number of pyridine rings is 1. The molecule has 0 spiro atoms. The minimum absolute atomic E-state index is 0.0886. The summed E-state index contributed by atoms with van der Waals surface area (Å²) in [5.74, 6) is 0.963. The Morgan fingerprint density at radius 2 is 2.28 bits per heavy atom. The van der Waals surface area contributed by atoms with Gasteiger partial charge in [0, 0.05) is 20.2 Å². The van der Waals surface area contributed by atoms with Gasteiger partial charge in [-0.05, 0) is 48.2 Å². The van der Waals surface area contributed by atoms with E-state index in [-0.39, 0.29) is 5.60 Å². The number of halogens is 1. The molecule has 2 rings (SSSR count). The van der Waals surface area contributed by atoms with Crippen LogP contribution in [-0.4, -0.2) is 30.8 Å². The second kappa shape index (κ2) is 5.05. The lowest BCUT2D eigenvalue weighted by molar-refractivity contribution is -0.00484. The third-order valence-electron chi connectivity index (χ3n) is 3.74. The number of nitrogens with two attached hydrogens (primary N) is 1. The number of hydrogen-bond acceptors (Lipinski definition) is 4. The van der Waals surface area contributed by atoms with Crippen molar-refractivity contribution >= 4 is 27.4 Å². The van der Waals surface area contributed by atoms with Gasteiger partial charge in [-0.15, -0.1) is 0 Å². The van der Waals surface area contributed by atoms with Crippen molar-refractivity contribution in [3.63, 3.8) is 0 Å². The van der Waals surface area contributed by atoms with Crippen LogP contribution in [-0.2, 0) is 4.74 Å². The molecule has 1 aliphatic heterocycles. The van der Waals surface area contributed by atoms with Crippen LogP contribution in [0.1, 0.15) is 25.3 Å². The van der Waals surface area contributed by atoms with Gasteiger partial charge < -0.3 is 15.4 Å². The molecule has 0 saturated carbocycles. The maximum Gasteiger partial charge on any atom is 0.143 e. The number of ether oxygens (including phenoxy) is 1. The Morgan fingerprint density at radius 3 is 2.94 bits per heavy atom. The van der Waals surface area contributed by atoms with Gasteiger partial charge >= 0.3 is 0 Å². The Labute approximate surface area is 117 Å². The van der Waals surface area contributed by atoms with Crippen LogP contribution in [0.5, 0.6) is 0 Å². The van der Waals surface area contributed by atoms with Gasteiger partial charge in [-0.2, -0.15) is 0 Å². The Kier molecular flexibility index (Phi) is 3.82. The maximum atomic E-state index is 5.86. The number of nitrogen functional groups attached to an aromatic ring is 1. The first-order valence-corrected chi connectivity index (χ1v) is 6.97. The molecule has 0 radical (unpaired) electrons. The van der Waals surface area contributed by atoms with Crippen LogP contribution in [0, 0.1) is 6.92 Å². The summed E-state index contributed by atoms with van der Waals surface area (Å²) in [6, 6.07) is 0. The van der Waals surface area contributed by atoms with Gasteiger partial charge in [0.25, 0.3) is 0 Å². The van der Waals surface area contributed by atoms with E-state index in [0.717, 1.165) is 47.5 Å². The van der Waals surface area contributed by atoms with E-state index in [1.54, 1.807) is 13.3 Å². The summed E-state index contributed by atoms with van der Waals surface area (Å²) < 4.78 is 6.60. The summed E-state index contributed by atoms with van der Waals surface area (Å²) in [6.07, 6.45) is 3.93. The van der Waals surface area contributed by atoms with E-state index >= 15 is 0 Å². The molecule has 4 nitrogen and oxygen atoms in total. The fourth-order valence-corrected chi connectivity index (χ4v) is 2.93. The van der Waals surface area contributed by atoms with E-state index in [2.05, 4.69) is 32.7 Å². The first-order valence-electron chi connectivity index (χ1n) is 6.17. The summed E-state index contributed by atoms with van der Waals surface area (Å²) in [5.41, 5.74) is 7.54. The zero-order valence-corrected chi connectivity index (χ0v) is 12.7. The zero-order chi connectivity index (χ0) is 13.3. The standard InChI is InChI=1S/C13H20BrN3O/c1-9-10(15)7-16-12(11(9)14)17-6-4-5-13(2,8-17)18-3/h7H,4-6,8,15H2,1-3H3. The number of aromatic nitrogens is 1. The molecule has 2 heterocycles. The van der Waals surface area contributed by atoms with Crippen molar-refractivity contribution in [1.82, 2.24) is 4.98 Å².